The van der Waals surface area contributed by atoms with E-state index >= 15 is 0 Å². The molecule has 0 bridgehead atoms. The first-order chi connectivity index (χ1) is 14.4. The molecule has 0 fully saturated rings. The largest absolute Gasteiger partial charge is 0.356 e. The van der Waals surface area contributed by atoms with Gasteiger partial charge in [-0.1, -0.05) is 26.7 Å². The minimum Gasteiger partial charge on any atom is -0.356 e. The van der Waals surface area contributed by atoms with Crippen LogP contribution >= 0.6 is 0 Å². The van der Waals surface area contributed by atoms with E-state index in [-0.39, 0.29) is 11.1 Å². The van der Waals surface area contributed by atoms with E-state index in [9.17, 15) is 9.59 Å². The molecule has 0 radical (unpaired) electrons. The maximum Gasteiger partial charge on any atom is 0.255 e. The molecule has 0 spiro atoms. The number of aryl methyl sites for hydroxylation is 2. The van der Waals surface area contributed by atoms with Crippen LogP contribution in [0.25, 0.3) is 0 Å². The number of anilines is 2. The Morgan fingerprint density at radius 2 is 1.07 bits per heavy atom. The van der Waals surface area contributed by atoms with Gasteiger partial charge in [0.1, 0.15) is 0 Å². The monoisotopic (exact) mass is 418 g/mol. The van der Waals surface area contributed by atoms with Gasteiger partial charge in [0.05, 0.1) is 0 Å². The zero-order valence-corrected chi connectivity index (χ0v) is 19.4. The summed E-state index contributed by atoms with van der Waals surface area (Å²) >= 11 is 0. The Bertz CT molecular complexity index is 815. The fraction of sp³-hybridized carbons (Fsp3) is 0.636. The highest BCUT2D eigenvalue weighted by Crippen LogP contribution is 2.07. The van der Waals surface area contributed by atoms with Crippen molar-refractivity contribution in [3.8, 4) is 0 Å². The van der Waals surface area contributed by atoms with E-state index in [0.717, 1.165) is 74.1 Å². The van der Waals surface area contributed by atoms with E-state index in [1.807, 2.05) is 27.7 Å². The summed E-state index contributed by atoms with van der Waals surface area (Å²) in [6.45, 7) is 13.5. The Kier molecular flexibility index (Phi) is 11.5. The van der Waals surface area contributed by atoms with Gasteiger partial charge in [0.15, 0.2) is 0 Å². The van der Waals surface area contributed by atoms with Gasteiger partial charge in [0.25, 0.3) is 11.1 Å². The summed E-state index contributed by atoms with van der Waals surface area (Å²) in [6, 6.07) is 0. The molecule has 0 aromatic carbocycles. The number of H-pyrrole nitrogens is 2. The number of unbranched alkanes of at least 4 members (excludes halogenated alkanes) is 2. The molecule has 8 nitrogen and oxygen atoms in total. The molecular weight excluding hydrogens is 380 g/mol. The number of nitrogens with zero attached hydrogens (tertiary/aromatic N) is 2. The lowest BCUT2D eigenvalue weighted by atomic mass is 10.1. The van der Waals surface area contributed by atoms with Gasteiger partial charge < -0.3 is 10.6 Å². The van der Waals surface area contributed by atoms with E-state index in [1.54, 1.807) is 0 Å². The number of nitrogens with one attached hydrogen (secondary N) is 4. The maximum atomic E-state index is 11.7. The van der Waals surface area contributed by atoms with Crippen LogP contribution in [0.1, 0.15) is 75.9 Å². The van der Waals surface area contributed by atoms with Gasteiger partial charge in [-0.05, 0) is 53.4 Å². The Balaban J connectivity index is 0.000000300. The Labute approximate surface area is 179 Å². The number of aromatic nitrogens is 4. The van der Waals surface area contributed by atoms with Gasteiger partial charge in [-0.25, -0.2) is 9.97 Å². The highest BCUT2D eigenvalue weighted by atomic mass is 16.1. The van der Waals surface area contributed by atoms with Gasteiger partial charge in [-0.3, -0.25) is 19.6 Å². The van der Waals surface area contributed by atoms with Crippen LogP contribution in [-0.4, -0.2) is 33.0 Å². The molecule has 0 atom stereocenters. The Morgan fingerprint density at radius 3 is 1.33 bits per heavy atom. The minimum atomic E-state index is -0.00750. The molecule has 0 saturated heterocycles. The smallest absolute Gasteiger partial charge is 0.255 e. The van der Waals surface area contributed by atoms with Crippen molar-refractivity contribution in [1.82, 2.24) is 19.9 Å². The molecule has 0 aliphatic carbocycles. The van der Waals surface area contributed by atoms with Crippen LogP contribution < -0.4 is 21.8 Å². The van der Waals surface area contributed by atoms with Crippen molar-refractivity contribution in [1.29, 1.82) is 0 Å². The Hall–Kier alpha value is -2.64. The molecule has 0 aliphatic heterocycles. The molecule has 0 unspecified atom stereocenters. The van der Waals surface area contributed by atoms with Crippen LogP contribution in [0.4, 0.5) is 11.9 Å². The normalized spacial score (nSPS) is 10.3. The van der Waals surface area contributed by atoms with Crippen molar-refractivity contribution < 1.29 is 0 Å². The molecule has 4 N–H and O–H groups in total. The van der Waals surface area contributed by atoms with Crippen LogP contribution in [0, 0.1) is 13.8 Å². The van der Waals surface area contributed by atoms with Crippen LogP contribution in [0.3, 0.4) is 0 Å². The molecule has 30 heavy (non-hydrogen) atoms. The van der Waals surface area contributed by atoms with Crippen LogP contribution in [0.2, 0.25) is 0 Å². The molecule has 2 rings (SSSR count). The van der Waals surface area contributed by atoms with Crippen LogP contribution in [0.15, 0.2) is 9.59 Å². The lowest BCUT2D eigenvalue weighted by molar-refractivity contribution is 0.774. The third-order valence-corrected chi connectivity index (χ3v) is 4.69. The summed E-state index contributed by atoms with van der Waals surface area (Å²) in [5.74, 6) is 1.14. The van der Waals surface area contributed by atoms with Crippen molar-refractivity contribution in [2.45, 2.75) is 80.1 Å². The van der Waals surface area contributed by atoms with E-state index in [4.69, 9.17) is 0 Å². The maximum absolute atomic E-state index is 11.7. The van der Waals surface area contributed by atoms with Crippen molar-refractivity contribution in [2.75, 3.05) is 23.7 Å². The molecule has 2 aromatic rings. The van der Waals surface area contributed by atoms with Gasteiger partial charge >= 0.3 is 0 Å². The molecule has 8 heteroatoms. The lowest BCUT2D eigenvalue weighted by Gasteiger charge is -2.07. The van der Waals surface area contributed by atoms with E-state index in [0.29, 0.717) is 11.9 Å². The van der Waals surface area contributed by atoms with Gasteiger partial charge in [-0.15, -0.1) is 0 Å². The summed E-state index contributed by atoms with van der Waals surface area (Å²) in [6.07, 6.45) is 5.88. The molecule has 2 heterocycles. The summed E-state index contributed by atoms with van der Waals surface area (Å²) in [5, 5.41) is 6.01. The predicted octanol–water partition coefficient (Wildman–Crippen LogP) is 3.71. The molecular formula is C22H38N6O2. The van der Waals surface area contributed by atoms with E-state index in [2.05, 4.69) is 44.4 Å². The number of rotatable bonds is 10. The van der Waals surface area contributed by atoms with Gasteiger partial charge in [0.2, 0.25) is 11.9 Å². The van der Waals surface area contributed by atoms with Crippen LogP contribution in [-0.2, 0) is 12.8 Å². The zero-order chi connectivity index (χ0) is 22.5. The molecule has 0 aliphatic rings. The van der Waals surface area contributed by atoms with Crippen molar-refractivity contribution in [2.24, 2.45) is 0 Å². The van der Waals surface area contributed by atoms with Crippen molar-refractivity contribution >= 4 is 11.9 Å². The summed E-state index contributed by atoms with van der Waals surface area (Å²) < 4.78 is 0. The zero-order valence-electron chi connectivity index (χ0n) is 19.4. The summed E-state index contributed by atoms with van der Waals surface area (Å²) in [5.41, 5.74) is 3.29. The number of hydrogen-bond donors (Lipinski definition) is 4. The minimum absolute atomic E-state index is 0.00750. The first-order valence-electron chi connectivity index (χ1n) is 11.0. The van der Waals surface area contributed by atoms with Gasteiger partial charge in [-0.2, -0.15) is 0 Å². The summed E-state index contributed by atoms with van der Waals surface area (Å²) in [7, 11) is 0. The first kappa shape index (κ1) is 25.4. The van der Waals surface area contributed by atoms with Crippen LogP contribution in [0.5, 0.6) is 0 Å². The van der Waals surface area contributed by atoms with Crippen molar-refractivity contribution in [3.05, 3.63) is 43.2 Å². The fourth-order valence-electron chi connectivity index (χ4n) is 3.02. The second kappa shape index (κ2) is 13.6. The Morgan fingerprint density at radius 1 is 0.700 bits per heavy atom. The molecule has 0 saturated carbocycles. The van der Waals surface area contributed by atoms with E-state index in [1.165, 1.54) is 0 Å². The highest BCUT2D eigenvalue weighted by molar-refractivity contribution is 5.29. The molecule has 0 amide bonds. The second-order valence-corrected chi connectivity index (χ2v) is 7.22. The average molecular weight is 419 g/mol. The van der Waals surface area contributed by atoms with Gasteiger partial charge in [0, 0.05) is 35.6 Å². The number of aromatic amines is 2. The highest BCUT2D eigenvalue weighted by Gasteiger charge is 2.07. The number of hydrogen-bond acceptors (Lipinski definition) is 6. The molecule has 2 aromatic heterocycles. The lowest BCUT2D eigenvalue weighted by Crippen LogP contribution is -2.19. The predicted molar refractivity (Wildman–Crippen MR) is 125 cm³/mol. The standard InChI is InChI=1S/2C11H19N3O/c2*1-4-6-7-9-8(3)13-11(12-5-2)14-10(9)15/h2*4-7H2,1-3H3,(H2,12,13,14,15). The topological polar surface area (TPSA) is 116 Å². The van der Waals surface area contributed by atoms with Crippen molar-refractivity contribution in [3.63, 3.8) is 0 Å². The third-order valence-electron chi connectivity index (χ3n) is 4.69. The third kappa shape index (κ3) is 8.00. The summed E-state index contributed by atoms with van der Waals surface area (Å²) in [4.78, 5) is 37.5. The fourth-order valence-corrected chi connectivity index (χ4v) is 3.02. The second-order valence-electron chi connectivity index (χ2n) is 7.22. The molecule has 168 valence electrons. The van der Waals surface area contributed by atoms with E-state index < -0.39 is 0 Å². The quantitative estimate of drug-likeness (QED) is 0.467. The SMILES string of the molecule is CCCCc1c(C)nc(NCC)[nH]c1=O.CCCCc1c(C)nc(NCC)[nH]c1=O. The first-order valence-corrected chi connectivity index (χ1v) is 11.0. The average Bonchev–Trinajstić information content (AvgIpc) is 2.68.